The average Bonchev–Trinajstić information content (AvgIpc) is 3.41. The normalized spacial score (nSPS) is 14.3. The molecule has 0 aromatic rings. The molecule has 12 heteroatoms. The van der Waals surface area contributed by atoms with Gasteiger partial charge >= 0.3 is 25.7 Å². The quantitative estimate of drug-likeness (QED) is 0.0197. The van der Waals surface area contributed by atoms with Crippen LogP contribution in [0.2, 0.25) is 0 Å². The van der Waals surface area contributed by atoms with E-state index in [0.717, 1.165) is 122 Å². The van der Waals surface area contributed by atoms with Gasteiger partial charge in [0, 0.05) is 19.3 Å². The number of unbranched alkanes of at least 4 members (excludes halogenated alkanes) is 13. The van der Waals surface area contributed by atoms with Gasteiger partial charge in [0.1, 0.15) is 12.7 Å². The molecule has 0 amide bonds. The first kappa shape index (κ1) is 71.6. The molecule has 0 rings (SSSR count). The monoisotopic (exact) mass is 1080 g/mol. The molecule has 0 aliphatic heterocycles. The number of ether oxygens (including phenoxy) is 3. The lowest BCUT2D eigenvalue weighted by atomic mass is 10.1. The summed E-state index contributed by atoms with van der Waals surface area (Å²) in [7, 11) is -4.78. The Bertz CT molecular complexity index is 1780. The van der Waals surface area contributed by atoms with Gasteiger partial charge in [0.2, 0.25) is 0 Å². The number of esters is 3. The SMILES string of the molecule is CC/C=C\C/C=C\C/C=C\C/C=C\C/C=C\CCCCCC(=O)OCC(COP(=O)(O)OCC(CO)OC(=O)CCCCCCC/C=C\CCCCCC)OC(=O)CCC/C=C\C/C=C\C/C=C\C/C=C\C/C=C\CC. The summed E-state index contributed by atoms with van der Waals surface area (Å²) < 4.78 is 39.4. The number of phosphoric acid groups is 1. The van der Waals surface area contributed by atoms with E-state index in [1.54, 1.807) is 0 Å². The number of rotatable bonds is 52. The molecule has 430 valence electrons. The van der Waals surface area contributed by atoms with Crippen LogP contribution < -0.4 is 0 Å². The topological polar surface area (TPSA) is 155 Å². The van der Waals surface area contributed by atoms with E-state index < -0.39 is 57.8 Å². The Morgan fingerprint density at radius 2 is 0.697 bits per heavy atom. The van der Waals surface area contributed by atoms with Crippen LogP contribution in [0, 0.1) is 0 Å². The number of hydrogen-bond donors (Lipinski definition) is 2. The minimum atomic E-state index is -4.78. The van der Waals surface area contributed by atoms with Crippen molar-refractivity contribution in [1.82, 2.24) is 0 Å². The molecule has 0 radical (unpaired) electrons. The molecule has 3 atom stereocenters. The lowest BCUT2D eigenvalue weighted by Gasteiger charge is -2.21. The maximum absolute atomic E-state index is 12.9. The molecule has 0 saturated heterocycles. The number of phosphoric ester groups is 1. The highest BCUT2D eigenvalue weighted by Gasteiger charge is 2.28. The number of carbonyl (C=O) groups is 3. The van der Waals surface area contributed by atoms with E-state index in [-0.39, 0.29) is 25.9 Å². The fourth-order valence-electron chi connectivity index (χ4n) is 7.18. The number of aliphatic hydroxyl groups is 1. The van der Waals surface area contributed by atoms with Gasteiger partial charge < -0.3 is 24.2 Å². The van der Waals surface area contributed by atoms with Gasteiger partial charge in [-0.1, -0.05) is 199 Å². The van der Waals surface area contributed by atoms with E-state index in [4.69, 9.17) is 23.3 Å². The predicted octanol–water partition coefficient (Wildman–Crippen LogP) is 17.4. The lowest BCUT2D eigenvalue weighted by molar-refractivity contribution is -0.161. The molecular formula is C64H103O11P. The van der Waals surface area contributed by atoms with Crippen LogP contribution in [0.25, 0.3) is 0 Å². The van der Waals surface area contributed by atoms with Gasteiger partial charge in [0.25, 0.3) is 0 Å². The highest BCUT2D eigenvalue weighted by atomic mass is 31.2. The van der Waals surface area contributed by atoms with E-state index in [1.807, 2.05) is 12.2 Å². The Morgan fingerprint density at radius 1 is 0.382 bits per heavy atom. The zero-order valence-electron chi connectivity index (χ0n) is 47.4. The largest absolute Gasteiger partial charge is 0.472 e. The maximum Gasteiger partial charge on any atom is 0.472 e. The number of aliphatic hydroxyl groups excluding tert-OH is 1. The first-order valence-electron chi connectivity index (χ1n) is 29.1. The molecule has 0 aliphatic rings. The van der Waals surface area contributed by atoms with Crippen molar-refractivity contribution in [3.63, 3.8) is 0 Å². The lowest BCUT2D eigenvalue weighted by Crippen LogP contribution is -2.30. The van der Waals surface area contributed by atoms with Crippen molar-refractivity contribution in [3.8, 4) is 0 Å². The van der Waals surface area contributed by atoms with Crippen molar-refractivity contribution in [2.45, 2.75) is 226 Å². The van der Waals surface area contributed by atoms with Crippen LogP contribution in [0.4, 0.5) is 0 Å². The highest BCUT2D eigenvalue weighted by molar-refractivity contribution is 7.47. The van der Waals surface area contributed by atoms with Crippen LogP contribution in [-0.2, 0) is 42.2 Å². The zero-order valence-corrected chi connectivity index (χ0v) is 48.3. The second-order valence-electron chi connectivity index (χ2n) is 18.7. The van der Waals surface area contributed by atoms with Gasteiger partial charge in [-0.15, -0.1) is 0 Å². The smallest absolute Gasteiger partial charge is 0.462 e. The molecule has 0 aromatic carbocycles. The van der Waals surface area contributed by atoms with Gasteiger partial charge in [-0.3, -0.25) is 23.4 Å². The minimum Gasteiger partial charge on any atom is -0.462 e. The van der Waals surface area contributed by atoms with E-state index in [1.165, 1.54) is 25.7 Å². The first-order chi connectivity index (χ1) is 37.2. The number of carbonyl (C=O) groups excluding carboxylic acids is 3. The molecule has 3 unspecified atom stereocenters. The summed E-state index contributed by atoms with van der Waals surface area (Å²) in [4.78, 5) is 48.5. The molecule has 76 heavy (non-hydrogen) atoms. The van der Waals surface area contributed by atoms with Crippen LogP contribution in [-0.4, -0.2) is 66.5 Å². The third kappa shape index (κ3) is 54.4. The average molecular weight is 1080 g/mol. The third-order valence-corrected chi connectivity index (χ3v) is 12.5. The Kier molecular flexibility index (Phi) is 53.5. The van der Waals surface area contributed by atoms with Gasteiger partial charge in [-0.05, 0) is 128 Å². The van der Waals surface area contributed by atoms with Gasteiger partial charge in [0.15, 0.2) is 6.10 Å². The summed E-state index contributed by atoms with van der Waals surface area (Å²) >= 11 is 0. The molecule has 0 heterocycles. The molecule has 0 spiro atoms. The van der Waals surface area contributed by atoms with Crippen LogP contribution >= 0.6 is 7.82 Å². The summed E-state index contributed by atoms with van der Waals surface area (Å²) in [6.45, 7) is 4.27. The van der Waals surface area contributed by atoms with E-state index in [2.05, 4.69) is 142 Å². The standard InChI is InChI=1S/C64H103O11P/c1-4-7-10-13-16-19-22-25-27-29-30-32-33-36-38-41-44-47-50-53-62(66)71-57-61(75-64(68)55-52-49-46-43-40-37-34-31-28-26-23-20-17-14-11-8-5-2)59-73-76(69,70)72-58-60(56-65)74-63(67)54-51-48-45-42-39-35-24-21-18-15-12-9-6-3/h7-8,10-11,16-17,19-21,24-28,30,32,34,36-38,43,46,60-61,65H,4-6,9,12-15,18,22-23,29,31,33,35,39-42,44-45,47-59H2,1-3H3,(H,69,70)/b10-7-,11-8-,19-16-,20-17-,24-21-,27-25-,28-26-,32-30-,37-34-,38-36-,46-43-. The van der Waals surface area contributed by atoms with E-state index in [0.29, 0.717) is 25.7 Å². The second kappa shape index (κ2) is 56.8. The van der Waals surface area contributed by atoms with Crippen molar-refractivity contribution in [3.05, 3.63) is 134 Å². The van der Waals surface area contributed by atoms with Crippen molar-refractivity contribution in [2.24, 2.45) is 0 Å². The van der Waals surface area contributed by atoms with Crippen LogP contribution in [0.15, 0.2) is 134 Å². The predicted molar refractivity (Wildman–Crippen MR) is 316 cm³/mol. The molecule has 0 bridgehead atoms. The van der Waals surface area contributed by atoms with Gasteiger partial charge in [0.05, 0.1) is 19.8 Å². The van der Waals surface area contributed by atoms with Crippen molar-refractivity contribution < 1.29 is 52.2 Å². The first-order valence-corrected chi connectivity index (χ1v) is 30.6. The highest BCUT2D eigenvalue weighted by Crippen LogP contribution is 2.43. The van der Waals surface area contributed by atoms with Gasteiger partial charge in [-0.2, -0.15) is 0 Å². The minimum absolute atomic E-state index is 0.0738. The second-order valence-corrected chi connectivity index (χ2v) is 20.1. The Labute approximate surface area is 461 Å². The molecular weight excluding hydrogens is 976 g/mol. The summed E-state index contributed by atoms with van der Waals surface area (Å²) in [5, 5.41) is 9.81. The van der Waals surface area contributed by atoms with Crippen LogP contribution in [0.5, 0.6) is 0 Å². The zero-order chi connectivity index (χ0) is 55.5. The third-order valence-electron chi connectivity index (χ3n) is 11.5. The maximum atomic E-state index is 12.9. The van der Waals surface area contributed by atoms with Crippen molar-refractivity contribution >= 4 is 25.7 Å². The molecule has 11 nitrogen and oxygen atoms in total. The molecule has 2 N–H and O–H groups in total. The summed E-state index contributed by atoms with van der Waals surface area (Å²) in [6, 6.07) is 0. The van der Waals surface area contributed by atoms with Crippen molar-refractivity contribution in [2.75, 3.05) is 26.4 Å². The Morgan fingerprint density at radius 3 is 1.13 bits per heavy atom. The molecule has 0 saturated carbocycles. The Hall–Kier alpha value is -4.38. The summed E-state index contributed by atoms with van der Waals surface area (Å²) in [6.07, 6.45) is 71.3. The fraction of sp³-hybridized carbons (Fsp3) is 0.609. The van der Waals surface area contributed by atoms with Crippen LogP contribution in [0.1, 0.15) is 213 Å². The summed E-state index contributed by atoms with van der Waals surface area (Å²) in [5.41, 5.74) is 0. The van der Waals surface area contributed by atoms with Crippen LogP contribution in [0.3, 0.4) is 0 Å². The van der Waals surface area contributed by atoms with E-state index >= 15 is 0 Å². The molecule has 0 fully saturated rings. The Balaban J connectivity index is 4.90. The molecule has 0 aliphatic carbocycles. The number of hydrogen-bond acceptors (Lipinski definition) is 10. The van der Waals surface area contributed by atoms with Gasteiger partial charge in [-0.25, -0.2) is 4.57 Å². The number of allylic oxidation sites excluding steroid dienone is 22. The fourth-order valence-corrected chi connectivity index (χ4v) is 7.96. The van der Waals surface area contributed by atoms with E-state index in [9.17, 15) is 28.9 Å². The summed E-state index contributed by atoms with van der Waals surface area (Å²) in [5.74, 6) is -1.60. The van der Waals surface area contributed by atoms with Crippen molar-refractivity contribution in [1.29, 1.82) is 0 Å². The molecule has 0 aromatic heterocycles.